The van der Waals surface area contributed by atoms with Gasteiger partial charge in [-0.2, -0.15) is 0 Å². The molecule has 122 valence electrons. The Morgan fingerprint density at radius 1 is 1.17 bits per heavy atom. The molecule has 23 heavy (non-hydrogen) atoms. The molecule has 0 aromatic heterocycles. The van der Waals surface area contributed by atoms with E-state index < -0.39 is 0 Å². The number of carbonyl (C=O) groups excluding carboxylic acids is 1. The van der Waals surface area contributed by atoms with Gasteiger partial charge in [-0.1, -0.05) is 30.0 Å². The lowest BCUT2D eigenvalue weighted by molar-refractivity contribution is 0.192. The topological polar surface area (TPSA) is 52.6 Å². The molecule has 0 aliphatic rings. The summed E-state index contributed by atoms with van der Waals surface area (Å²) >= 11 is 1.69. The molecule has 2 amide bonds. The second-order valence-electron chi connectivity index (χ2n) is 5.13. The second kappa shape index (κ2) is 8.60. The monoisotopic (exact) mass is 330 g/mol. The van der Waals surface area contributed by atoms with Gasteiger partial charge in [0.25, 0.3) is 0 Å². The van der Waals surface area contributed by atoms with Crippen molar-refractivity contribution in [3.05, 3.63) is 54.1 Å². The highest BCUT2D eigenvalue weighted by Gasteiger charge is 2.12. The number of rotatable bonds is 6. The zero-order valence-electron chi connectivity index (χ0n) is 13.5. The van der Waals surface area contributed by atoms with Crippen molar-refractivity contribution >= 4 is 23.5 Å². The first-order chi connectivity index (χ1) is 11.1. The van der Waals surface area contributed by atoms with E-state index in [1.807, 2.05) is 44.2 Å². The van der Waals surface area contributed by atoms with Crippen molar-refractivity contribution in [2.24, 2.45) is 0 Å². The first-order valence-electron chi connectivity index (χ1n) is 7.64. The molecule has 2 aromatic carbocycles. The molecule has 0 unspecified atom stereocenters. The molecule has 2 N–H and O–H groups in total. The molecule has 0 saturated heterocycles. The van der Waals surface area contributed by atoms with E-state index >= 15 is 0 Å². The van der Waals surface area contributed by atoms with Crippen LogP contribution in [0.5, 0.6) is 0 Å². The lowest BCUT2D eigenvalue weighted by Crippen LogP contribution is -2.36. The normalized spacial score (nSPS) is 10.4. The molecule has 0 heterocycles. The lowest BCUT2D eigenvalue weighted by atomic mass is 10.2. The van der Waals surface area contributed by atoms with Crippen LogP contribution in [0.25, 0.3) is 0 Å². The van der Waals surface area contributed by atoms with Gasteiger partial charge in [-0.05, 0) is 49.7 Å². The molecule has 0 bridgehead atoms. The minimum absolute atomic E-state index is 0.0348. The van der Waals surface area contributed by atoms with Crippen molar-refractivity contribution in [1.82, 2.24) is 4.90 Å². The van der Waals surface area contributed by atoms with Gasteiger partial charge >= 0.3 is 6.03 Å². The Morgan fingerprint density at radius 3 is 2.52 bits per heavy atom. The summed E-state index contributed by atoms with van der Waals surface area (Å²) in [5, 5.41) is 11.9. The Balaban J connectivity index is 2.06. The van der Waals surface area contributed by atoms with Gasteiger partial charge in [0.1, 0.15) is 0 Å². The minimum Gasteiger partial charge on any atom is -0.395 e. The van der Waals surface area contributed by atoms with Gasteiger partial charge in [-0.15, -0.1) is 0 Å². The minimum atomic E-state index is -0.187. The molecule has 0 spiro atoms. The average Bonchev–Trinajstić information content (AvgIpc) is 2.56. The van der Waals surface area contributed by atoms with Crippen molar-refractivity contribution in [1.29, 1.82) is 0 Å². The third-order valence-electron chi connectivity index (χ3n) is 3.46. The standard InChI is InChI=1S/C18H22N2O2S/c1-3-20(11-12-21)18(22)19-17-10-9-16(13-14(17)2)23-15-7-5-4-6-8-15/h4-10,13,21H,3,11-12H2,1-2H3,(H,19,22). The van der Waals surface area contributed by atoms with Crippen molar-refractivity contribution in [2.75, 3.05) is 25.0 Å². The first-order valence-corrected chi connectivity index (χ1v) is 8.46. The Labute approximate surface area is 141 Å². The molecule has 0 aliphatic heterocycles. The average molecular weight is 330 g/mol. The molecule has 0 saturated carbocycles. The van der Waals surface area contributed by atoms with Crippen LogP contribution in [0.2, 0.25) is 0 Å². The highest BCUT2D eigenvalue weighted by molar-refractivity contribution is 7.99. The summed E-state index contributed by atoms with van der Waals surface area (Å²) in [6, 6.07) is 16.0. The molecule has 0 atom stereocenters. The predicted octanol–water partition coefficient (Wildman–Crippen LogP) is 3.99. The predicted molar refractivity (Wildman–Crippen MR) is 95.1 cm³/mol. The smallest absolute Gasteiger partial charge is 0.321 e. The number of aliphatic hydroxyl groups excluding tert-OH is 1. The van der Waals surface area contributed by atoms with Crippen LogP contribution < -0.4 is 5.32 Å². The molecule has 0 aliphatic carbocycles. The summed E-state index contributed by atoms with van der Waals surface area (Å²) in [5.41, 5.74) is 1.81. The van der Waals surface area contributed by atoms with Gasteiger partial charge in [0.2, 0.25) is 0 Å². The maximum absolute atomic E-state index is 12.2. The van der Waals surface area contributed by atoms with E-state index in [1.165, 1.54) is 4.90 Å². The Hall–Kier alpha value is -1.98. The fourth-order valence-corrected chi connectivity index (χ4v) is 3.12. The molecule has 4 nitrogen and oxygen atoms in total. The van der Waals surface area contributed by atoms with Crippen LogP contribution in [-0.2, 0) is 0 Å². The van der Waals surface area contributed by atoms with E-state index in [-0.39, 0.29) is 12.6 Å². The number of aliphatic hydroxyl groups is 1. The van der Waals surface area contributed by atoms with Gasteiger partial charge in [-0.3, -0.25) is 0 Å². The van der Waals surface area contributed by atoms with Crippen LogP contribution in [0.3, 0.4) is 0 Å². The number of nitrogens with zero attached hydrogens (tertiary/aromatic N) is 1. The van der Waals surface area contributed by atoms with Crippen LogP contribution in [0.15, 0.2) is 58.3 Å². The molecule has 0 radical (unpaired) electrons. The molecule has 2 rings (SSSR count). The van der Waals surface area contributed by atoms with Crippen LogP contribution in [0.4, 0.5) is 10.5 Å². The zero-order valence-corrected chi connectivity index (χ0v) is 14.3. The second-order valence-corrected chi connectivity index (χ2v) is 6.27. The van der Waals surface area contributed by atoms with Crippen LogP contribution >= 0.6 is 11.8 Å². The van der Waals surface area contributed by atoms with Gasteiger partial charge in [0.05, 0.1) is 6.61 Å². The first kappa shape index (κ1) is 17.4. The van der Waals surface area contributed by atoms with Crippen molar-refractivity contribution < 1.29 is 9.90 Å². The summed E-state index contributed by atoms with van der Waals surface area (Å²) < 4.78 is 0. The fraction of sp³-hybridized carbons (Fsp3) is 0.278. The lowest BCUT2D eigenvalue weighted by Gasteiger charge is -2.21. The maximum Gasteiger partial charge on any atom is 0.321 e. The summed E-state index contributed by atoms with van der Waals surface area (Å²) in [6.45, 7) is 4.73. The van der Waals surface area contributed by atoms with E-state index in [1.54, 1.807) is 16.7 Å². The number of hydrogen-bond acceptors (Lipinski definition) is 3. The van der Waals surface area contributed by atoms with E-state index in [0.29, 0.717) is 13.1 Å². The number of anilines is 1. The van der Waals surface area contributed by atoms with Gasteiger partial charge in [-0.25, -0.2) is 4.79 Å². The van der Waals surface area contributed by atoms with Crippen LogP contribution in [-0.4, -0.2) is 35.7 Å². The number of nitrogens with one attached hydrogen (secondary N) is 1. The summed E-state index contributed by atoms with van der Waals surface area (Å²) in [6.07, 6.45) is 0. The Kier molecular flexibility index (Phi) is 6.50. The molecule has 2 aromatic rings. The number of carbonyl (C=O) groups is 1. The molecular formula is C18H22N2O2S. The SMILES string of the molecule is CCN(CCO)C(=O)Nc1ccc(Sc2ccccc2)cc1C. The number of likely N-dealkylation sites (N-methyl/N-ethyl adjacent to an activating group) is 1. The Morgan fingerprint density at radius 2 is 1.91 bits per heavy atom. The third kappa shape index (κ3) is 5.01. The van der Waals surface area contributed by atoms with Gasteiger partial charge in [0.15, 0.2) is 0 Å². The summed E-state index contributed by atoms with van der Waals surface area (Å²) in [5.74, 6) is 0. The molecule has 5 heteroatoms. The molecule has 0 fully saturated rings. The van der Waals surface area contributed by atoms with Crippen LogP contribution in [0.1, 0.15) is 12.5 Å². The fourth-order valence-electron chi connectivity index (χ4n) is 2.18. The number of benzene rings is 2. The van der Waals surface area contributed by atoms with Crippen molar-refractivity contribution in [2.45, 2.75) is 23.6 Å². The van der Waals surface area contributed by atoms with E-state index in [2.05, 4.69) is 23.5 Å². The maximum atomic E-state index is 12.2. The third-order valence-corrected chi connectivity index (χ3v) is 4.45. The number of urea groups is 1. The summed E-state index contributed by atoms with van der Waals surface area (Å²) in [4.78, 5) is 16.1. The Bertz CT molecular complexity index is 647. The van der Waals surface area contributed by atoms with Crippen molar-refractivity contribution in [3.63, 3.8) is 0 Å². The largest absolute Gasteiger partial charge is 0.395 e. The zero-order chi connectivity index (χ0) is 16.7. The highest BCUT2D eigenvalue weighted by atomic mass is 32.2. The van der Waals surface area contributed by atoms with Gasteiger partial charge in [0, 0.05) is 28.6 Å². The number of hydrogen-bond donors (Lipinski definition) is 2. The van der Waals surface area contributed by atoms with Gasteiger partial charge < -0.3 is 15.3 Å². The number of amides is 2. The molecular weight excluding hydrogens is 308 g/mol. The van der Waals surface area contributed by atoms with E-state index in [4.69, 9.17) is 5.11 Å². The quantitative estimate of drug-likeness (QED) is 0.842. The number of aryl methyl sites for hydroxylation is 1. The van der Waals surface area contributed by atoms with E-state index in [9.17, 15) is 4.79 Å². The van der Waals surface area contributed by atoms with Crippen LogP contribution in [0, 0.1) is 6.92 Å². The van der Waals surface area contributed by atoms with E-state index in [0.717, 1.165) is 16.1 Å². The van der Waals surface area contributed by atoms with Crippen molar-refractivity contribution in [3.8, 4) is 0 Å². The highest BCUT2D eigenvalue weighted by Crippen LogP contribution is 2.30. The summed E-state index contributed by atoms with van der Waals surface area (Å²) in [7, 11) is 0.